The normalized spacial score (nSPS) is 12.3. The second kappa shape index (κ2) is 7.29. The van der Waals surface area contributed by atoms with E-state index in [-0.39, 0.29) is 10.3 Å². The molecule has 0 radical (unpaired) electrons. The maximum atomic E-state index is 13.5. The molecule has 2 heterocycles. The molecule has 2 aromatic heterocycles. The zero-order chi connectivity index (χ0) is 21.5. The monoisotopic (exact) mass is 419 g/mol. The molecule has 0 N–H and O–H groups in total. The van der Waals surface area contributed by atoms with Crippen LogP contribution in [-0.2, 0) is 15.4 Å². The first-order valence-corrected chi connectivity index (χ1v) is 11.3. The minimum absolute atomic E-state index is 0.0453. The molecule has 0 aliphatic rings. The van der Waals surface area contributed by atoms with Crippen molar-refractivity contribution in [1.82, 2.24) is 9.38 Å². The third-order valence-corrected chi connectivity index (χ3v) is 6.99. The van der Waals surface area contributed by atoms with Gasteiger partial charge in [-0.3, -0.25) is 8.71 Å². The number of anilines is 1. The molecule has 0 aliphatic heterocycles. The molecule has 4 aromatic rings. The van der Waals surface area contributed by atoms with Gasteiger partial charge in [0.05, 0.1) is 4.90 Å². The van der Waals surface area contributed by atoms with Gasteiger partial charge in [0.2, 0.25) is 0 Å². The number of imidazole rings is 1. The average molecular weight is 420 g/mol. The Kier molecular flexibility index (Phi) is 4.90. The van der Waals surface area contributed by atoms with Gasteiger partial charge in [-0.15, -0.1) is 0 Å². The van der Waals surface area contributed by atoms with Crippen molar-refractivity contribution in [3.8, 4) is 11.3 Å². The minimum atomic E-state index is -3.77. The number of hydrogen-bond acceptors (Lipinski definition) is 3. The molecule has 154 valence electrons. The molecule has 6 heteroatoms. The van der Waals surface area contributed by atoms with Crippen LogP contribution in [0.5, 0.6) is 0 Å². The molecule has 2 aromatic carbocycles. The smallest absolute Gasteiger partial charge is 0.265 e. The Morgan fingerprint density at radius 2 is 1.50 bits per heavy atom. The number of aromatic nitrogens is 2. The molecule has 5 nitrogen and oxygen atoms in total. The Balaban J connectivity index is 1.86. The van der Waals surface area contributed by atoms with Crippen LogP contribution < -0.4 is 4.31 Å². The van der Waals surface area contributed by atoms with Crippen LogP contribution in [0.25, 0.3) is 16.9 Å². The Bertz CT molecular complexity index is 1290. The highest BCUT2D eigenvalue weighted by atomic mass is 32.2. The van der Waals surface area contributed by atoms with Gasteiger partial charge in [-0.1, -0.05) is 69.3 Å². The van der Waals surface area contributed by atoms with Gasteiger partial charge in [0.25, 0.3) is 10.0 Å². The van der Waals surface area contributed by atoms with Crippen molar-refractivity contribution >= 4 is 21.5 Å². The summed E-state index contributed by atoms with van der Waals surface area (Å²) in [5.74, 6) is 0.511. The van der Waals surface area contributed by atoms with Gasteiger partial charge in [-0.25, -0.2) is 13.4 Å². The van der Waals surface area contributed by atoms with Crippen molar-refractivity contribution in [2.24, 2.45) is 0 Å². The van der Waals surface area contributed by atoms with Gasteiger partial charge < -0.3 is 0 Å². The molecule has 0 fully saturated rings. The largest absolute Gasteiger partial charge is 0.285 e. The first kappa shape index (κ1) is 20.2. The topological polar surface area (TPSA) is 54.7 Å². The molecule has 0 unspecified atom stereocenters. The second-order valence-electron chi connectivity index (χ2n) is 8.33. The summed E-state index contributed by atoms with van der Waals surface area (Å²) < 4.78 is 30.1. The van der Waals surface area contributed by atoms with Crippen LogP contribution in [0.2, 0.25) is 0 Å². The zero-order valence-electron chi connectivity index (χ0n) is 17.6. The van der Waals surface area contributed by atoms with Crippen molar-refractivity contribution < 1.29 is 8.42 Å². The van der Waals surface area contributed by atoms with E-state index in [0.29, 0.717) is 17.2 Å². The molecule has 0 saturated heterocycles. The van der Waals surface area contributed by atoms with Crippen LogP contribution in [0.1, 0.15) is 26.3 Å². The Labute approximate surface area is 177 Å². The van der Waals surface area contributed by atoms with Gasteiger partial charge in [0.15, 0.2) is 5.82 Å². The van der Waals surface area contributed by atoms with Gasteiger partial charge >= 0.3 is 0 Å². The van der Waals surface area contributed by atoms with Gasteiger partial charge in [0.1, 0.15) is 11.3 Å². The number of sulfonamides is 1. The van der Waals surface area contributed by atoms with Crippen LogP contribution in [-0.4, -0.2) is 24.9 Å². The fraction of sp³-hybridized carbons (Fsp3) is 0.208. The SMILES string of the molecule is CN(c1c(-c2ccccc2)nc2ccccn12)S(=O)(=O)c1ccc(C(C)(C)C)cc1. The highest BCUT2D eigenvalue weighted by Crippen LogP contribution is 2.34. The van der Waals surface area contributed by atoms with E-state index in [4.69, 9.17) is 4.98 Å². The van der Waals surface area contributed by atoms with Crippen LogP contribution in [0.3, 0.4) is 0 Å². The summed E-state index contributed by atoms with van der Waals surface area (Å²) in [6.07, 6.45) is 1.83. The summed E-state index contributed by atoms with van der Waals surface area (Å²) in [6.45, 7) is 6.31. The van der Waals surface area contributed by atoms with Crippen molar-refractivity contribution in [2.75, 3.05) is 11.4 Å². The van der Waals surface area contributed by atoms with E-state index >= 15 is 0 Å². The lowest BCUT2D eigenvalue weighted by atomic mass is 9.87. The molecule has 0 aliphatic carbocycles. The van der Waals surface area contributed by atoms with E-state index < -0.39 is 10.0 Å². The molecule has 4 rings (SSSR count). The van der Waals surface area contributed by atoms with E-state index in [1.165, 1.54) is 4.31 Å². The predicted molar refractivity (Wildman–Crippen MR) is 121 cm³/mol. The lowest BCUT2D eigenvalue weighted by Crippen LogP contribution is -2.28. The first-order valence-electron chi connectivity index (χ1n) is 9.81. The van der Waals surface area contributed by atoms with E-state index in [1.807, 2.05) is 71.3 Å². The standard InChI is InChI=1S/C24H25N3O2S/c1-24(2,3)19-13-15-20(16-14-19)30(28,29)26(4)23-22(18-10-6-5-7-11-18)25-21-12-8-9-17-27(21)23/h5-17H,1-4H3. The van der Waals surface area contributed by atoms with E-state index in [1.54, 1.807) is 19.2 Å². The van der Waals surface area contributed by atoms with Crippen LogP contribution in [0, 0.1) is 0 Å². The maximum absolute atomic E-state index is 13.5. The molecular weight excluding hydrogens is 394 g/mol. The van der Waals surface area contributed by atoms with Crippen molar-refractivity contribution in [3.63, 3.8) is 0 Å². The Hall–Kier alpha value is -3.12. The number of benzene rings is 2. The Morgan fingerprint density at radius 3 is 2.13 bits per heavy atom. The van der Waals surface area contributed by atoms with Crippen molar-refractivity contribution in [1.29, 1.82) is 0 Å². The van der Waals surface area contributed by atoms with Crippen LogP contribution in [0.15, 0.2) is 83.9 Å². The van der Waals surface area contributed by atoms with Crippen molar-refractivity contribution in [3.05, 3.63) is 84.6 Å². The zero-order valence-corrected chi connectivity index (χ0v) is 18.4. The molecule has 0 bridgehead atoms. The Morgan fingerprint density at radius 1 is 0.867 bits per heavy atom. The third-order valence-electron chi connectivity index (χ3n) is 5.23. The number of hydrogen-bond donors (Lipinski definition) is 0. The molecule has 0 spiro atoms. The number of pyridine rings is 1. The van der Waals surface area contributed by atoms with Crippen LogP contribution in [0.4, 0.5) is 5.82 Å². The summed E-state index contributed by atoms with van der Waals surface area (Å²) >= 11 is 0. The maximum Gasteiger partial charge on any atom is 0.265 e. The lowest BCUT2D eigenvalue weighted by Gasteiger charge is -2.22. The fourth-order valence-corrected chi connectivity index (χ4v) is 4.67. The number of nitrogens with zero attached hydrogens (tertiary/aromatic N) is 3. The first-order chi connectivity index (χ1) is 14.2. The van der Waals surface area contributed by atoms with E-state index in [0.717, 1.165) is 11.1 Å². The lowest BCUT2D eigenvalue weighted by molar-refractivity contribution is 0.585. The quantitative estimate of drug-likeness (QED) is 0.461. The number of rotatable bonds is 4. The van der Waals surface area contributed by atoms with Gasteiger partial charge in [-0.2, -0.15) is 0 Å². The number of fused-ring (bicyclic) bond motifs is 1. The van der Waals surface area contributed by atoms with Gasteiger partial charge in [-0.05, 0) is 35.2 Å². The highest BCUT2D eigenvalue weighted by Gasteiger charge is 2.28. The predicted octanol–water partition coefficient (Wildman–Crippen LogP) is 5.12. The molecular formula is C24H25N3O2S. The molecule has 30 heavy (non-hydrogen) atoms. The van der Waals surface area contributed by atoms with Crippen LogP contribution >= 0.6 is 0 Å². The fourth-order valence-electron chi connectivity index (χ4n) is 3.47. The minimum Gasteiger partial charge on any atom is -0.285 e. The molecule has 0 saturated carbocycles. The van der Waals surface area contributed by atoms with E-state index in [2.05, 4.69) is 20.8 Å². The molecule has 0 amide bonds. The van der Waals surface area contributed by atoms with Gasteiger partial charge in [0, 0.05) is 18.8 Å². The van der Waals surface area contributed by atoms with E-state index in [9.17, 15) is 8.42 Å². The summed E-state index contributed by atoms with van der Waals surface area (Å²) in [5.41, 5.74) is 3.22. The summed E-state index contributed by atoms with van der Waals surface area (Å²) in [5, 5.41) is 0. The summed E-state index contributed by atoms with van der Waals surface area (Å²) in [6, 6.07) is 22.4. The third kappa shape index (κ3) is 3.48. The second-order valence-corrected chi connectivity index (χ2v) is 10.3. The average Bonchev–Trinajstić information content (AvgIpc) is 3.12. The van der Waals surface area contributed by atoms with Crippen molar-refractivity contribution in [2.45, 2.75) is 31.1 Å². The summed E-state index contributed by atoms with van der Waals surface area (Å²) in [4.78, 5) is 4.97. The highest BCUT2D eigenvalue weighted by molar-refractivity contribution is 7.92. The summed E-state index contributed by atoms with van der Waals surface area (Å²) in [7, 11) is -2.19. The molecule has 0 atom stereocenters.